The van der Waals surface area contributed by atoms with E-state index in [4.69, 9.17) is 5.26 Å². The highest BCUT2D eigenvalue weighted by molar-refractivity contribution is 4.82. The van der Waals surface area contributed by atoms with E-state index in [1.807, 2.05) is 0 Å². The molecule has 3 nitrogen and oxygen atoms in total. The van der Waals surface area contributed by atoms with Gasteiger partial charge >= 0.3 is 0 Å². The van der Waals surface area contributed by atoms with Crippen molar-refractivity contribution in [2.24, 2.45) is 5.92 Å². The molecule has 2 unspecified atom stereocenters. The van der Waals surface area contributed by atoms with Crippen LogP contribution in [0.4, 0.5) is 0 Å². The normalized spacial score (nSPS) is 23.9. The molecule has 15 heavy (non-hydrogen) atoms. The predicted molar refractivity (Wildman–Crippen MR) is 62.5 cm³/mol. The zero-order valence-corrected chi connectivity index (χ0v) is 10.00. The second-order valence-electron chi connectivity index (χ2n) is 4.42. The van der Waals surface area contributed by atoms with Gasteiger partial charge in [-0.05, 0) is 38.4 Å². The first kappa shape index (κ1) is 12.5. The van der Waals surface area contributed by atoms with Gasteiger partial charge in [0, 0.05) is 12.6 Å². The van der Waals surface area contributed by atoms with E-state index in [2.05, 4.69) is 30.1 Å². The lowest BCUT2D eigenvalue weighted by Gasteiger charge is -2.17. The number of rotatable bonds is 6. The molecule has 0 aromatic rings. The molecule has 0 aromatic carbocycles. The number of likely N-dealkylation sites (tertiary alicyclic amines) is 1. The highest BCUT2D eigenvalue weighted by Gasteiger charge is 2.21. The summed E-state index contributed by atoms with van der Waals surface area (Å²) in [5, 5.41) is 12.1. The van der Waals surface area contributed by atoms with Crippen molar-refractivity contribution in [3.8, 4) is 6.07 Å². The summed E-state index contributed by atoms with van der Waals surface area (Å²) in [6.07, 6.45) is 3.00. The first-order valence-electron chi connectivity index (χ1n) is 6.12. The van der Waals surface area contributed by atoms with Crippen LogP contribution in [0, 0.1) is 17.2 Å². The fourth-order valence-electron chi connectivity index (χ4n) is 2.17. The summed E-state index contributed by atoms with van der Waals surface area (Å²) in [5.74, 6) is 0.790. The Balaban J connectivity index is 2.17. The standard InChI is InChI=1S/C12H23N3/c1-3-12(5-7-13)14-9-11-6-8-15(4-2)10-11/h11-12,14H,3-6,8-10H2,1-2H3. The van der Waals surface area contributed by atoms with Crippen molar-refractivity contribution in [1.29, 1.82) is 5.26 Å². The summed E-state index contributed by atoms with van der Waals surface area (Å²) < 4.78 is 0. The van der Waals surface area contributed by atoms with Gasteiger partial charge in [-0.1, -0.05) is 13.8 Å². The number of nitrogens with zero attached hydrogens (tertiary/aromatic N) is 2. The van der Waals surface area contributed by atoms with E-state index in [1.54, 1.807) is 0 Å². The van der Waals surface area contributed by atoms with Crippen LogP contribution in [0.1, 0.15) is 33.1 Å². The van der Waals surface area contributed by atoms with Crippen LogP contribution < -0.4 is 5.32 Å². The molecule has 1 aliphatic heterocycles. The second kappa shape index (κ2) is 6.81. The average Bonchev–Trinajstić information content (AvgIpc) is 2.72. The molecule has 1 heterocycles. The topological polar surface area (TPSA) is 39.1 Å². The van der Waals surface area contributed by atoms with Gasteiger partial charge in [0.05, 0.1) is 12.5 Å². The van der Waals surface area contributed by atoms with Crippen LogP contribution in [0.3, 0.4) is 0 Å². The van der Waals surface area contributed by atoms with E-state index in [9.17, 15) is 0 Å². The van der Waals surface area contributed by atoms with Gasteiger partial charge in [-0.25, -0.2) is 0 Å². The van der Waals surface area contributed by atoms with Gasteiger partial charge in [-0.15, -0.1) is 0 Å². The predicted octanol–water partition coefficient (Wildman–Crippen LogP) is 1.61. The summed E-state index contributed by atoms with van der Waals surface area (Å²) in [6, 6.07) is 2.64. The van der Waals surface area contributed by atoms with Crippen LogP contribution in [-0.2, 0) is 0 Å². The molecule has 0 spiro atoms. The zero-order chi connectivity index (χ0) is 11.1. The summed E-state index contributed by atoms with van der Waals surface area (Å²) in [5.41, 5.74) is 0. The Morgan fingerprint density at radius 2 is 2.33 bits per heavy atom. The van der Waals surface area contributed by atoms with Gasteiger partial charge in [0.15, 0.2) is 0 Å². The molecule has 2 atom stereocenters. The van der Waals surface area contributed by atoms with Crippen molar-refractivity contribution in [2.75, 3.05) is 26.2 Å². The zero-order valence-electron chi connectivity index (χ0n) is 10.00. The fourth-order valence-corrected chi connectivity index (χ4v) is 2.17. The molecule has 1 N–H and O–H groups in total. The Morgan fingerprint density at radius 1 is 1.53 bits per heavy atom. The minimum atomic E-state index is 0.394. The highest BCUT2D eigenvalue weighted by atomic mass is 15.1. The Morgan fingerprint density at radius 3 is 2.87 bits per heavy atom. The first-order chi connectivity index (χ1) is 7.30. The van der Waals surface area contributed by atoms with Gasteiger partial charge < -0.3 is 10.2 Å². The maximum absolute atomic E-state index is 8.64. The first-order valence-corrected chi connectivity index (χ1v) is 6.12. The van der Waals surface area contributed by atoms with Gasteiger partial charge in [0.25, 0.3) is 0 Å². The third-order valence-corrected chi connectivity index (χ3v) is 3.34. The molecule has 1 aliphatic rings. The summed E-state index contributed by atoms with van der Waals surface area (Å²) in [6.45, 7) is 9.09. The van der Waals surface area contributed by atoms with Crippen molar-refractivity contribution >= 4 is 0 Å². The summed E-state index contributed by atoms with van der Waals surface area (Å²) in [7, 11) is 0. The van der Waals surface area contributed by atoms with Crippen molar-refractivity contribution in [3.63, 3.8) is 0 Å². The molecular formula is C12H23N3. The SMILES string of the molecule is CCC(CC#N)NCC1CCN(CC)C1. The van der Waals surface area contributed by atoms with E-state index in [-0.39, 0.29) is 0 Å². The van der Waals surface area contributed by atoms with E-state index < -0.39 is 0 Å². The molecule has 1 saturated heterocycles. The summed E-state index contributed by atoms with van der Waals surface area (Å²) >= 11 is 0. The summed E-state index contributed by atoms with van der Waals surface area (Å²) in [4.78, 5) is 2.50. The van der Waals surface area contributed by atoms with Crippen LogP contribution in [0.2, 0.25) is 0 Å². The molecule has 0 bridgehead atoms. The molecule has 0 amide bonds. The van der Waals surface area contributed by atoms with Crippen molar-refractivity contribution < 1.29 is 0 Å². The Bertz CT molecular complexity index is 209. The highest BCUT2D eigenvalue weighted by Crippen LogP contribution is 2.15. The molecular weight excluding hydrogens is 186 g/mol. The average molecular weight is 209 g/mol. The van der Waals surface area contributed by atoms with Crippen LogP contribution in [0.15, 0.2) is 0 Å². The van der Waals surface area contributed by atoms with Gasteiger partial charge in [0.2, 0.25) is 0 Å². The second-order valence-corrected chi connectivity index (χ2v) is 4.42. The maximum Gasteiger partial charge on any atom is 0.0638 e. The third kappa shape index (κ3) is 4.19. The Kier molecular flexibility index (Phi) is 5.67. The molecule has 0 radical (unpaired) electrons. The number of nitrogens with one attached hydrogen (secondary N) is 1. The lowest BCUT2D eigenvalue weighted by Crippen LogP contribution is -2.33. The maximum atomic E-state index is 8.64. The van der Waals surface area contributed by atoms with Crippen molar-refractivity contribution in [2.45, 2.75) is 39.2 Å². The molecule has 1 fully saturated rings. The van der Waals surface area contributed by atoms with E-state index in [0.29, 0.717) is 12.5 Å². The van der Waals surface area contributed by atoms with Crippen molar-refractivity contribution in [3.05, 3.63) is 0 Å². The van der Waals surface area contributed by atoms with E-state index >= 15 is 0 Å². The quantitative estimate of drug-likeness (QED) is 0.722. The minimum Gasteiger partial charge on any atom is -0.313 e. The van der Waals surface area contributed by atoms with E-state index in [0.717, 1.165) is 18.9 Å². The molecule has 86 valence electrons. The molecule has 3 heteroatoms. The van der Waals surface area contributed by atoms with Gasteiger partial charge in [0.1, 0.15) is 0 Å². The third-order valence-electron chi connectivity index (χ3n) is 3.34. The van der Waals surface area contributed by atoms with Crippen LogP contribution in [0.5, 0.6) is 0 Å². The lowest BCUT2D eigenvalue weighted by atomic mass is 10.1. The molecule has 0 saturated carbocycles. The molecule has 0 aliphatic carbocycles. The van der Waals surface area contributed by atoms with Gasteiger partial charge in [-0.3, -0.25) is 0 Å². The largest absolute Gasteiger partial charge is 0.313 e. The molecule has 1 rings (SSSR count). The fraction of sp³-hybridized carbons (Fsp3) is 0.917. The van der Waals surface area contributed by atoms with Crippen molar-refractivity contribution in [1.82, 2.24) is 10.2 Å². The van der Waals surface area contributed by atoms with Gasteiger partial charge in [-0.2, -0.15) is 5.26 Å². The smallest absolute Gasteiger partial charge is 0.0638 e. The minimum absolute atomic E-state index is 0.394. The van der Waals surface area contributed by atoms with Crippen LogP contribution in [0.25, 0.3) is 0 Å². The van der Waals surface area contributed by atoms with E-state index in [1.165, 1.54) is 26.1 Å². The molecule has 0 aromatic heterocycles. The Hall–Kier alpha value is -0.590. The monoisotopic (exact) mass is 209 g/mol. The number of hydrogen-bond donors (Lipinski definition) is 1. The lowest BCUT2D eigenvalue weighted by molar-refractivity contribution is 0.334. The Labute approximate surface area is 93.5 Å². The van der Waals surface area contributed by atoms with Crippen LogP contribution in [-0.4, -0.2) is 37.1 Å². The number of nitriles is 1. The van der Waals surface area contributed by atoms with Crippen LogP contribution >= 0.6 is 0 Å². The number of hydrogen-bond acceptors (Lipinski definition) is 3.